The molecule has 0 aromatic rings. The van der Waals surface area contributed by atoms with Crippen LogP contribution in [-0.4, -0.2) is 52.1 Å². The number of hydroxylamine groups is 3. The van der Waals surface area contributed by atoms with E-state index in [1.807, 2.05) is 15.6 Å². The second-order valence-corrected chi connectivity index (χ2v) is 7.31. The molecular weight excluding hydrogens is 296 g/mol. The molecule has 2 aliphatic carbocycles. The molecular formula is C16H18N4O3+2. The summed E-state index contributed by atoms with van der Waals surface area (Å²) in [6.45, 7) is 1.65. The molecule has 0 N–H and O–H groups in total. The molecule has 0 fully saturated rings. The molecule has 6 atom stereocenters. The van der Waals surface area contributed by atoms with Crippen molar-refractivity contribution in [3.8, 4) is 0 Å². The topological polar surface area (TPSA) is 62.9 Å². The quantitative estimate of drug-likeness (QED) is 0.430. The molecule has 0 spiro atoms. The van der Waals surface area contributed by atoms with Gasteiger partial charge in [0, 0.05) is 18.0 Å². The van der Waals surface area contributed by atoms with Crippen LogP contribution in [0.15, 0.2) is 28.7 Å². The van der Waals surface area contributed by atoms with E-state index in [1.54, 1.807) is 0 Å². The predicted octanol–water partition coefficient (Wildman–Crippen LogP) is 0.810. The Morgan fingerprint density at radius 3 is 2.78 bits per heavy atom. The van der Waals surface area contributed by atoms with Gasteiger partial charge in [0.2, 0.25) is 24.7 Å². The number of hydrogen-bond donors (Lipinski definition) is 0. The largest absolute Gasteiger partial charge is 0.594 e. The number of rotatable bonds is 2. The molecule has 0 radical (unpaired) electrons. The highest BCUT2D eigenvalue weighted by Gasteiger charge is 2.56. The van der Waals surface area contributed by atoms with Gasteiger partial charge in [-0.1, -0.05) is 4.86 Å². The lowest BCUT2D eigenvalue weighted by Crippen LogP contribution is -2.39. The first-order chi connectivity index (χ1) is 11.2. The van der Waals surface area contributed by atoms with Gasteiger partial charge in [-0.05, 0) is 21.6 Å². The molecule has 4 heterocycles. The van der Waals surface area contributed by atoms with Crippen LogP contribution in [-0.2, 0) is 9.68 Å². The summed E-state index contributed by atoms with van der Waals surface area (Å²) in [7, 11) is 0. The Kier molecular flexibility index (Phi) is 2.14. The Balaban J connectivity index is 1.29. The number of nitrogens with zero attached hydrogens (tertiary/aromatic N) is 4. The zero-order chi connectivity index (χ0) is 15.1. The van der Waals surface area contributed by atoms with Crippen LogP contribution in [0, 0.1) is 28.9 Å². The van der Waals surface area contributed by atoms with Gasteiger partial charge >= 0.3 is 0 Å². The summed E-state index contributed by atoms with van der Waals surface area (Å²) in [5.41, 5.74) is 1.67. The second kappa shape index (κ2) is 4.01. The van der Waals surface area contributed by atoms with Crippen LogP contribution in [0.2, 0.25) is 0 Å². The average molecular weight is 314 g/mol. The van der Waals surface area contributed by atoms with Gasteiger partial charge in [0.15, 0.2) is 18.8 Å². The van der Waals surface area contributed by atoms with E-state index in [0.717, 1.165) is 42.2 Å². The molecule has 4 bridgehead atoms. The lowest BCUT2D eigenvalue weighted by molar-refractivity contribution is -0.793. The van der Waals surface area contributed by atoms with Gasteiger partial charge in [-0.15, -0.1) is 0 Å². The van der Waals surface area contributed by atoms with Crippen molar-refractivity contribution < 1.29 is 24.0 Å². The van der Waals surface area contributed by atoms with Crippen LogP contribution < -0.4 is 0 Å². The van der Waals surface area contributed by atoms with Crippen LogP contribution in [0.1, 0.15) is 12.8 Å². The van der Waals surface area contributed by atoms with Crippen molar-refractivity contribution in [2.75, 3.05) is 13.1 Å². The van der Waals surface area contributed by atoms with E-state index >= 15 is 0 Å². The van der Waals surface area contributed by atoms with Crippen LogP contribution in [0.25, 0.3) is 0 Å². The number of hydrogen-bond acceptors (Lipinski definition) is 4. The van der Waals surface area contributed by atoms with Gasteiger partial charge in [-0.2, -0.15) is 0 Å². The third kappa shape index (κ3) is 1.59. The van der Waals surface area contributed by atoms with E-state index in [2.05, 4.69) is 23.6 Å². The highest BCUT2D eigenvalue weighted by atomic mass is 16.7. The molecule has 4 aliphatic heterocycles. The Morgan fingerprint density at radius 1 is 1.13 bits per heavy atom. The maximum absolute atomic E-state index is 12.7. The first-order valence-electron chi connectivity index (χ1n) is 8.41. The van der Waals surface area contributed by atoms with Gasteiger partial charge in [0.1, 0.15) is 17.5 Å². The molecule has 118 valence electrons. The van der Waals surface area contributed by atoms with Crippen molar-refractivity contribution >= 4 is 12.4 Å². The Hall–Kier alpha value is -2.18. The summed E-state index contributed by atoms with van der Waals surface area (Å²) in [6.07, 6.45) is 10.3. The van der Waals surface area contributed by atoms with Crippen LogP contribution >= 0.6 is 0 Å². The second-order valence-electron chi connectivity index (χ2n) is 7.31. The average Bonchev–Trinajstić information content (AvgIpc) is 3.25. The molecule has 7 nitrogen and oxygen atoms in total. The van der Waals surface area contributed by atoms with Crippen molar-refractivity contribution in [2.24, 2.45) is 28.8 Å². The molecule has 6 rings (SSSR count). The zero-order valence-corrected chi connectivity index (χ0v) is 12.6. The highest BCUT2D eigenvalue weighted by Crippen LogP contribution is 2.41. The molecule has 0 saturated heterocycles. The third-order valence-electron chi connectivity index (χ3n) is 6.00. The fraction of sp³-hybridized carbons (Fsp3) is 0.625. The molecule has 6 unspecified atom stereocenters. The highest BCUT2D eigenvalue weighted by molar-refractivity contribution is 5.61. The SMILES string of the molecule is [O-][N+](=NC1=CC2C[N+]3=CC2C(C1)O3)C1=CCC2O[N+]3=CC2C1C3. The van der Waals surface area contributed by atoms with E-state index in [4.69, 9.17) is 9.68 Å². The van der Waals surface area contributed by atoms with Crippen LogP contribution in [0.5, 0.6) is 0 Å². The molecule has 0 saturated carbocycles. The fourth-order valence-electron chi connectivity index (χ4n) is 4.94. The zero-order valence-electron chi connectivity index (χ0n) is 12.6. The Morgan fingerprint density at radius 2 is 1.96 bits per heavy atom. The van der Waals surface area contributed by atoms with E-state index in [9.17, 15) is 5.21 Å². The van der Waals surface area contributed by atoms with Crippen molar-refractivity contribution in [1.82, 2.24) is 0 Å². The van der Waals surface area contributed by atoms with E-state index < -0.39 is 0 Å². The minimum atomic E-state index is 0.158. The van der Waals surface area contributed by atoms with Crippen molar-refractivity contribution in [1.29, 1.82) is 0 Å². The van der Waals surface area contributed by atoms with Gasteiger partial charge < -0.3 is 5.21 Å². The first kappa shape index (κ1) is 12.3. The normalized spacial score (nSPS) is 45.1. The molecule has 7 heteroatoms. The van der Waals surface area contributed by atoms with Crippen LogP contribution in [0.3, 0.4) is 0 Å². The molecule has 6 aliphatic rings. The lowest BCUT2D eigenvalue weighted by atomic mass is 9.81. The summed E-state index contributed by atoms with van der Waals surface area (Å²) in [5.74, 6) is 1.46. The molecule has 0 amide bonds. The monoisotopic (exact) mass is 314 g/mol. The van der Waals surface area contributed by atoms with E-state index in [-0.39, 0.29) is 18.1 Å². The summed E-state index contributed by atoms with van der Waals surface area (Å²) in [6, 6.07) is 0. The lowest BCUT2D eigenvalue weighted by Gasteiger charge is -2.27. The summed E-state index contributed by atoms with van der Waals surface area (Å²) >= 11 is 0. The van der Waals surface area contributed by atoms with Crippen LogP contribution in [0.4, 0.5) is 0 Å². The van der Waals surface area contributed by atoms with Gasteiger partial charge in [-0.25, -0.2) is 0 Å². The summed E-state index contributed by atoms with van der Waals surface area (Å²) < 4.78 is 3.82. The van der Waals surface area contributed by atoms with Gasteiger partial charge in [0.25, 0.3) is 0 Å². The summed E-state index contributed by atoms with van der Waals surface area (Å²) in [4.78, 5) is 12.4. The van der Waals surface area contributed by atoms with Gasteiger partial charge in [-0.3, -0.25) is 9.68 Å². The number of azo groups is 1. The Bertz CT molecular complexity index is 765. The van der Waals surface area contributed by atoms with E-state index in [0.29, 0.717) is 17.8 Å². The minimum Gasteiger partial charge on any atom is -0.594 e. The Labute approximate surface area is 133 Å². The van der Waals surface area contributed by atoms with Crippen molar-refractivity contribution in [2.45, 2.75) is 25.0 Å². The third-order valence-corrected chi connectivity index (χ3v) is 6.00. The van der Waals surface area contributed by atoms with E-state index in [1.165, 1.54) is 0 Å². The molecule has 23 heavy (non-hydrogen) atoms. The smallest absolute Gasteiger partial charge is 0.228 e. The fourth-order valence-corrected chi connectivity index (χ4v) is 4.94. The van der Waals surface area contributed by atoms with Crippen molar-refractivity contribution in [3.05, 3.63) is 28.8 Å². The first-order valence-corrected chi connectivity index (χ1v) is 8.41. The minimum absolute atomic E-state index is 0.158. The standard InChI is InChI=1S/C16H18N4O3/c21-20(14-1-2-15-13-8-19(22-15)7-12(13)14)17-10-3-9-5-18-6-11(9)16(4-10)23-18/h1,3,6,8-9,11-13,15-16H,2,4-5,7H2/q+2. The van der Waals surface area contributed by atoms with Crippen molar-refractivity contribution in [3.63, 3.8) is 0 Å². The predicted molar refractivity (Wildman–Crippen MR) is 77.5 cm³/mol. The maximum Gasteiger partial charge on any atom is 0.228 e. The molecule has 0 aromatic carbocycles. The summed E-state index contributed by atoms with van der Waals surface area (Å²) in [5, 5.41) is 17.0. The molecule has 0 aromatic heterocycles. The maximum atomic E-state index is 12.7. The van der Waals surface area contributed by atoms with Gasteiger partial charge in [0.05, 0.1) is 11.8 Å².